The highest BCUT2D eigenvalue weighted by molar-refractivity contribution is 7.89. The van der Waals surface area contributed by atoms with Crippen molar-refractivity contribution >= 4 is 33.1 Å². The van der Waals surface area contributed by atoms with E-state index in [1.807, 2.05) is 12.1 Å². The Kier molecular flexibility index (Phi) is 7.44. The lowest BCUT2D eigenvalue weighted by Gasteiger charge is -2.21. The third-order valence-electron chi connectivity index (χ3n) is 4.89. The van der Waals surface area contributed by atoms with Crippen molar-refractivity contribution in [2.24, 2.45) is 0 Å². The number of thiazole rings is 1. The van der Waals surface area contributed by atoms with Crippen LogP contribution in [0.5, 0.6) is 0 Å². The third-order valence-corrected chi connectivity index (χ3v) is 7.77. The van der Waals surface area contributed by atoms with Crippen LogP contribution >= 0.6 is 11.3 Å². The minimum absolute atomic E-state index is 0.120. The minimum atomic E-state index is -3.88. The topological polar surface area (TPSA) is 139 Å². The van der Waals surface area contributed by atoms with E-state index in [9.17, 15) is 13.2 Å². The number of anilines is 1. The summed E-state index contributed by atoms with van der Waals surface area (Å²) in [6.45, 7) is 8.92. The molecule has 0 saturated carbocycles. The molecule has 37 heavy (non-hydrogen) atoms. The van der Waals surface area contributed by atoms with Crippen LogP contribution in [0.1, 0.15) is 34.6 Å². The number of hydrogen-bond acceptors (Lipinski definition) is 8. The molecule has 0 bridgehead atoms. The Hall–Kier alpha value is -3.61. The normalized spacial score (nSPS) is 12.1. The minimum Gasteiger partial charge on any atom is -0.447 e. The van der Waals surface area contributed by atoms with Crippen molar-refractivity contribution in [3.63, 3.8) is 0 Å². The zero-order valence-electron chi connectivity index (χ0n) is 21.1. The summed E-state index contributed by atoms with van der Waals surface area (Å²) >= 11 is 1.37. The number of rotatable bonds is 7. The first-order valence-corrected chi connectivity index (χ1v) is 13.8. The zero-order valence-corrected chi connectivity index (χ0v) is 22.7. The highest BCUT2D eigenvalue weighted by atomic mass is 32.2. The van der Waals surface area contributed by atoms with Gasteiger partial charge in [-0.2, -0.15) is 5.10 Å². The first-order valence-electron chi connectivity index (χ1n) is 11.5. The van der Waals surface area contributed by atoms with Crippen LogP contribution in [0.25, 0.3) is 32.4 Å². The summed E-state index contributed by atoms with van der Waals surface area (Å²) in [6.07, 6.45) is 2.29. The van der Waals surface area contributed by atoms with Crippen LogP contribution in [0.3, 0.4) is 0 Å². The van der Waals surface area contributed by atoms with Crippen molar-refractivity contribution in [2.75, 3.05) is 5.32 Å². The molecule has 4 rings (SSSR count). The van der Waals surface area contributed by atoms with Crippen LogP contribution in [0.2, 0.25) is 0 Å². The summed E-state index contributed by atoms with van der Waals surface area (Å²) in [5.41, 5.74) is 1.87. The highest BCUT2D eigenvalue weighted by Gasteiger charge is 2.27. The van der Waals surface area contributed by atoms with Gasteiger partial charge in [-0.1, -0.05) is 12.1 Å². The van der Waals surface area contributed by atoms with Gasteiger partial charge in [0.1, 0.15) is 11.3 Å². The van der Waals surface area contributed by atoms with E-state index in [2.05, 4.69) is 30.2 Å². The van der Waals surface area contributed by atoms with Gasteiger partial charge in [0.05, 0.1) is 15.9 Å². The van der Waals surface area contributed by atoms with Crippen molar-refractivity contribution < 1.29 is 17.9 Å². The van der Waals surface area contributed by atoms with Crippen molar-refractivity contribution in [2.45, 2.75) is 51.2 Å². The Morgan fingerprint density at radius 3 is 2.38 bits per heavy atom. The second-order valence-electron chi connectivity index (χ2n) is 9.59. The summed E-state index contributed by atoms with van der Waals surface area (Å²) in [5.74, 6) is 0.467. The van der Waals surface area contributed by atoms with Gasteiger partial charge in [0.25, 0.3) is 0 Å². The lowest BCUT2D eigenvalue weighted by atomic mass is 10.1. The molecule has 0 atom stereocenters. The molecule has 0 radical (unpaired) electrons. The molecule has 0 fully saturated rings. The van der Waals surface area contributed by atoms with E-state index in [0.717, 1.165) is 5.56 Å². The Labute approximate surface area is 219 Å². The van der Waals surface area contributed by atoms with Gasteiger partial charge < -0.3 is 4.74 Å². The zero-order chi connectivity index (χ0) is 26.8. The number of ether oxygens (including phenoxy) is 1. The van der Waals surface area contributed by atoms with Crippen molar-refractivity contribution in [3.8, 4) is 32.4 Å². The Morgan fingerprint density at radius 2 is 1.76 bits per heavy atom. The number of nitrogens with zero attached hydrogens (tertiary/aromatic N) is 3. The monoisotopic (exact) mass is 540 g/mol. The molecule has 2 heterocycles. The van der Waals surface area contributed by atoms with Crippen molar-refractivity contribution in [1.82, 2.24) is 24.9 Å². The molecule has 194 valence electrons. The smallest absolute Gasteiger partial charge is 0.411 e. The summed E-state index contributed by atoms with van der Waals surface area (Å²) in [4.78, 5) is 21.3. The number of hydrogen-bond donors (Lipinski definition) is 3. The van der Waals surface area contributed by atoms with Gasteiger partial charge >= 0.3 is 6.09 Å². The maximum atomic E-state index is 13.4. The van der Waals surface area contributed by atoms with Gasteiger partial charge in [0.15, 0.2) is 5.82 Å². The quantitative estimate of drug-likeness (QED) is 0.289. The first kappa shape index (κ1) is 26.5. The molecular formula is C25H28N6O4S2. The molecule has 2 aromatic carbocycles. The summed E-state index contributed by atoms with van der Waals surface area (Å²) < 4.78 is 34.7. The van der Waals surface area contributed by atoms with E-state index in [1.165, 1.54) is 17.7 Å². The highest BCUT2D eigenvalue weighted by Crippen LogP contribution is 2.37. The number of sulfonamides is 1. The number of nitrogens with one attached hydrogen (secondary N) is 3. The molecule has 12 heteroatoms. The molecule has 10 nitrogen and oxygen atoms in total. The molecule has 0 unspecified atom stereocenters. The van der Waals surface area contributed by atoms with Crippen LogP contribution in [0.15, 0.2) is 59.9 Å². The van der Waals surface area contributed by atoms with E-state index in [-0.39, 0.29) is 11.0 Å². The molecular weight excluding hydrogens is 512 g/mol. The van der Waals surface area contributed by atoms with Gasteiger partial charge in [-0.25, -0.2) is 27.9 Å². The molecule has 0 aliphatic rings. The molecule has 2 aromatic heterocycles. The fourth-order valence-corrected chi connectivity index (χ4v) is 6.18. The summed E-state index contributed by atoms with van der Waals surface area (Å²) in [7, 11) is -3.88. The second-order valence-corrected chi connectivity index (χ2v) is 12.3. The van der Waals surface area contributed by atoms with E-state index < -0.39 is 21.7 Å². The predicted octanol–water partition coefficient (Wildman–Crippen LogP) is 5.30. The van der Waals surface area contributed by atoms with Gasteiger partial charge in [0, 0.05) is 34.1 Å². The average molecular weight is 541 g/mol. The largest absolute Gasteiger partial charge is 0.447 e. The van der Waals surface area contributed by atoms with Gasteiger partial charge in [0.2, 0.25) is 10.0 Å². The molecule has 1 amide bonds. The lowest BCUT2D eigenvalue weighted by molar-refractivity contribution is 0.130. The van der Waals surface area contributed by atoms with Crippen LogP contribution in [-0.4, -0.2) is 46.3 Å². The Morgan fingerprint density at radius 1 is 1.05 bits per heavy atom. The van der Waals surface area contributed by atoms with Gasteiger partial charge in [-0.05, 0) is 65.0 Å². The van der Waals surface area contributed by atoms with E-state index in [4.69, 9.17) is 4.74 Å². The number of aromatic nitrogens is 4. The predicted molar refractivity (Wildman–Crippen MR) is 144 cm³/mol. The van der Waals surface area contributed by atoms with Gasteiger partial charge in [-0.3, -0.25) is 10.4 Å². The first-order chi connectivity index (χ1) is 17.4. The lowest BCUT2D eigenvalue weighted by Crippen LogP contribution is -2.40. The van der Waals surface area contributed by atoms with E-state index in [1.54, 1.807) is 71.1 Å². The standard InChI is InChI=1S/C25H28N6O4S2/c1-15(2)35-24(32)29-18-9-6-16(7-10-18)23-26-13-20(36-23)19-11-8-17(22-27-14-28-30-22)12-21(19)37(33,34)31-25(3,4)5/h6-15,31H,1-5H3,(H,29,32)(H,27,28,30). The maximum Gasteiger partial charge on any atom is 0.411 e. The summed E-state index contributed by atoms with van der Waals surface area (Å²) in [5, 5.41) is 10.0. The molecule has 0 aliphatic heterocycles. The summed E-state index contributed by atoms with van der Waals surface area (Å²) in [6, 6.07) is 12.3. The van der Waals surface area contributed by atoms with Crippen molar-refractivity contribution in [3.05, 3.63) is 55.0 Å². The van der Waals surface area contributed by atoms with Crippen LogP contribution in [0.4, 0.5) is 10.5 Å². The maximum absolute atomic E-state index is 13.4. The SMILES string of the molecule is CC(C)OC(=O)Nc1ccc(-c2ncc(-c3ccc(-c4ncn[nH]4)cc3S(=O)(=O)NC(C)(C)C)s2)cc1. The molecule has 0 spiro atoms. The van der Waals surface area contributed by atoms with Crippen LogP contribution in [-0.2, 0) is 14.8 Å². The van der Waals surface area contributed by atoms with E-state index in [0.29, 0.717) is 32.5 Å². The number of H-pyrrole nitrogens is 1. The number of benzene rings is 2. The molecule has 0 saturated heterocycles. The molecule has 0 aliphatic carbocycles. The average Bonchev–Trinajstić information content (AvgIpc) is 3.50. The van der Waals surface area contributed by atoms with Crippen molar-refractivity contribution in [1.29, 1.82) is 0 Å². The number of carbonyl (C=O) groups is 1. The van der Waals surface area contributed by atoms with Gasteiger partial charge in [-0.15, -0.1) is 11.3 Å². The fourth-order valence-electron chi connectivity index (χ4n) is 3.49. The third kappa shape index (κ3) is 6.59. The van der Waals surface area contributed by atoms with Crippen LogP contribution < -0.4 is 10.0 Å². The Bertz CT molecular complexity index is 1490. The number of amides is 1. The molecule has 3 N–H and O–H groups in total. The number of carbonyl (C=O) groups excluding carboxylic acids is 1. The second kappa shape index (κ2) is 10.4. The fraction of sp³-hybridized carbons (Fsp3) is 0.280. The Balaban J connectivity index is 1.67. The number of aromatic amines is 1. The van der Waals surface area contributed by atoms with Crippen LogP contribution in [0, 0.1) is 0 Å². The molecule has 4 aromatic rings. The van der Waals surface area contributed by atoms with E-state index >= 15 is 0 Å².